The Kier molecular flexibility index (Phi) is 3.93. The van der Waals surface area contributed by atoms with Gasteiger partial charge in [0.05, 0.1) is 5.56 Å². The van der Waals surface area contributed by atoms with Gasteiger partial charge in [-0.15, -0.1) is 0 Å². The lowest BCUT2D eigenvalue weighted by atomic mass is 10.1. The van der Waals surface area contributed by atoms with E-state index in [1.54, 1.807) is 13.8 Å². The Balaban J connectivity index is 2.24. The number of amides is 2. The Morgan fingerprint density at radius 1 is 1.24 bits per heavy atom. The molecule has 1 N–H and O–H groups in total. The molecule has 1 saturated heterocycles. The fourth-order valence-corrected chi connectivity index (χ4v) is 2.23. The molecule has 2 atom stereocenters. The predicted molar refractivity (Wildman–Crippen MR) is 69.1 cm³/mol. The van der Waals surface area contributed by atoms with Crippen LogP contribution in [0, 0.1) is 0 Å². The Hall–Kier alpha value is -2.05. The lowest BCUT2D eigenvalue weighted by molar-refractivity contribution is -0.148. The van der Waals surface area contributed by atoms with Crippen molar-refractivity contribution in [1.29, 1.82) is 0 Å². The molecule has 1 aromatic rings. The second-order valence-electron chi connectivity index (χ2n) is 5.07. The van der Waals surface area contributed by atoms with E-state index in [-0.39, 0.29) is 18.4 Å². The van der Waals surface area contributed by atoms with Gasteiger partial charge in [-0.1, -0.05) is 12.1 Å². The molecule has 2 amide bonds. The Bertz CT molecular complexity index is 572. The lowest BCUT2D eigenvalue weighted by Crippen LogP contribution is -2.60. The normalized spacial score (nSPS) is 23.2. The molecule has 0 spiro atoms. The molecule has 0 radical (unpaired) electrons. The second kappa shape index (κ2) is 5.38. The first kappa shape index (κ1) is 15.3. The zero-order valence-corrected chi connectivity index (χ0v) is 11.6. The van der Waals surface area contributed by atoms with Gasteiger partial charge in [0.15, 0.2) is 0 Å². The minimum absolute atomic E-state index is 0.0261. The Morgan fingerprint density at radius 2 is 1.90 bits per heavy atom. The summed E-state index contributed by atoms with van der Waals surface area (Å²) in [5.74, 6) is -0.617. The zero-order chi connectivity index (χ0) is 15.8. The fraction of sp³-hybridized carbons (Fsp3) is 0.429. The summed E-state index contributed by atoms with van der Waals surface area (Å²) in [5, 5.41) is 2.52. The van der Waals surface area contributed by atoms with Gasteiger partial charge in [0, 0.05) is 6.54 Å². The Labute approximate surface area is 119 Å². The number of benzene rings is 1. The highest BCUT2D eigenvalue weighted by Crippen LogP contribution is 2.30. The zero-order valence-electron chi connectivity index (χ0n) is 11.6. The third kappa shape index (κ3) is 3.17. The van der Waals surface area contributed by atoms with Crippen LogP contribution in [0.5, 0.6) is 0 Å². The maximum atomic E-state index is 12.7. The number of hydrogen-bond acceptors (Lipinski definition) is 2. The standard InChI is InChI=1S/C14H15F3N2O2/c1-8-13(21)19(9(2)12(20)18-8)7-10-4-3-5-11(6-10)14(15,16)17/h3-6,8-9H,7H2,1-2H3,(H,18,20). The monoisotopic (exact) mass is 300 g/mol. The molecule has 1 aromatic carbocycles. The number of carbonyl (C=O) groups excluding carboxylic acids is 2. The molecule has 0 bridgehead atoms. The van der Waals surface area contributed by atoms with Crippen molar-refractivity contribution in [3.8, 4) is 0 Å². The SMILES string of the molecule is CC1NC(=O)C(C)N(Cc2cccc(C(F)(F)F)c2)C1=O. The van der Waals surface area contributed by atoms with Crippen molar-refractivity contribution in [2.24, 2.45) is 0 Å². The van der Waals surface area contributed by atoms with Crippen LogP contribution < -0.4 is 5.32 Å². The summed E-state index contributed by atoms with van der Waals surface area (Å²) in [6, 6.07) is 3.40. The number of hydrogen-bond donors (Lipinski definition) is 1. The summed E-state index contributed by atoms with van der Waals surface area (Å²) in [6.07, 6.45) is -4.43. The van der Waals surface area contributed by atoms with Crippen molar-refractivity contribution in [2.45, 2.75) is 38.7 Å². The van der Waals surface area contributed by atoms with Crippen molar-refractivity contribution in [3.63, 3.8) is 0 Å². The highest BCUT2D eigenvalue weighted by atomic mass is 19.4. The van der Waals surface area contributed by atoms with Gasteiger partial charge in [-0.3, -0.25) is 9.59 Å². The van der Waals surface area contributed by atoms with E-state index < -0.39 is 23.8 Å². The van der Waals surface area contributed by atoms with Gasteiger partial charge in [0.2, 0.25) is 11.8 Å². The van der Waals surface area contributed by atoms with Crippen LogP contribution in [0.3, 0.4) is 0 Å². The van der Waals surface area contributed by atoms with Gasteiger partial charge < -0.3 is 10.2 Å². The fourth-order valence-electron chi connectivity index (χ4n) is 2.23. The number of nitrogens with one attached hydrogen (secondary N) is 1. The van der Waals surface area contributed by atoms with Gasteiger partial charge in [-0.05, 0) is 31.5 Å². The first-order valence-corrected chi connectivity index (χ1v) is 6.47. The molecule has 1 heterocycles. The van der Waals surface area contributed by atoms with Crippen molar-refractivity contribution < 1.29 is 22.8 Å². The predicted octanol–water partition coefficient (Wildman–Crippen LogP) is 1.94. The number of piperazine rings is 1. The third-order valence-corrected chi connectivity index (χ3v) is 3.47. The van der Waals surface area contributed by atoms with Crippen molar-refractivity contribution >= 4 is 11.8 Å². The van der Waals surface area contributed by atoms with Gasteiger partial charge in [0.25, 0.3) is 0 Å². The number of rotatable bonds is 2. The van der Waals surface area contributed by atoms with Crippen LogP contribution in [0.2, 0.25) is 0 Å². The molecule has 2 rings (SSSR count). The van der Waals surface area contributed by atoms with Crippen molar-refractivity contribution in [3.05, 3.63) is 35.4 Å². The summed E-state index contributed by atoms with van der Waals surface area (Å²) in [4.78, 5) is 25.0. The number of halogens is 3. The van der Waals surface area contributed by atoms with Crippen molar-refractivity contribution in [1.82, 2.24) is 10.2 Å². The molecule has 0 aliphatic carbocycles. The summed E-state index contributed by atoms with van der Waals surface area (Å²) < 4.78 is 38.0. The topological polar surface area (TPSA) is 49.4 Å². The van der Waals surface area contributed by atoms with Crippen LogP contribution in [-0.2, 0) is 22.3 Å². The average molecular weight is 300 g/mol. The highest BCUT2D eigenvalue weighted by Gasteiger charge is 2.36. The van der Waals surface area contributed by atoms with Gasteiger partial charge in [-0.2, -0.15) is 13.2 Å². The average Bonchev–Trinajstić information content (AvgIpc) is 2.41. The lowest BCUT2D eigenvalue weighted by Gasteiger charge is -2.36. The van der Waals surface area contributed by atoms with E-state index in [0.717, 1.165) is 12.1 Å². The van der Waals surface area contributed by atoms with Crippen LogP contribution in [0.1, 0.15) is 25.0 Å². The van der Waals surface area contributed by atoms with E-state index in [2.05, 4.69) is 5.32 Å². The van der Waals surface area contributed by atoms with E-state index in [4.69, 9.17) is 0 Å². The quantitative estimate of drug-likeness (QED) is 0.907. The molecule has 114 valence electrons. The number of nitrogens with zero attached hydrogens (tertiary/aromatic N) is 1. The first-order valence-electron chi connectivity index (χ1n) is 6.47. The van der Waals surface area contributed by atoms with E-state index in [1.807, 2.05) is 0 Å². The van der Waals surface area contributed by atoms with E-state index in [9.17, 15) is 22.8 Å². The Morgan fingerprint density at radius 3 is 2.52 bits per heavy atom. The summed E-state index contributed by atoms with van der Waals surface area (Å²) >= 11 is 0. The molecule has 1 aliphatic heterocycles. The van der Waals surface area contributed by atoms with Gasteiger partial charge >= 0.3 is 6.18 Å². The van der Waals surface area contributed by atoms with Crippen LogP contribution >= 0.6 is 0 Å². The molecule has 4 nitrogen and oxygen atoms in total. The smallest absolute Gasteiger partial charge is 0.343 e. The number of carbonyl (C=O) groups is 2. The minimum Gasteiger partial charge on any atom is -0.343 e. The molecule has 2 unspecified atom stereocenters. The first-order chi connectivity index (χ1) is 9.70. The minimum atomic E-state index is -4.43. The highest BCUT2D eigenvalue weighted by molar-refractivity contribution is 5.96. The second-order valence-corrected chi connectivity index (χ2v) is 5.07. The van der Waals surface area contributed by atoms with Crippen LogP contribution in [0.4, 0.5) is 13.2 Å². The van der Waals surface area contributed by atoms with Crippen molar-refractivity contribution in [2.75, 3.05) is 0 Å². The maximum Gasteiger partial charge on any atom is 0.416 e. The molecular weight excluding hydrogens is 285 g/mol. The van der Waals surface area contributed by atoms with E-state index in [0.29, 0.717) is 5.56 Å². The van der Waals surface area contributed by atoms with Crippen LogP contribution in [-0.4, -0.2) is 28.8 Å². The largest absolute Gasteiger partial charge is 0.416 e. The third-order valence-electron chi connectivity index (χ3n) is 3.47. The maximum absolute atomic E-state index is 12.7. The molecule has 1 fully saturated rings. The molecule has 1 aliphatic rings. The molecule has 0 aromatic heterocycles. The molecule has 7 heteroatoms. The number of alkyl halides is 3. The molecular formula is C14H15F3N2O2. The van der Waals surface area contributed by atoms with E-state index >= 15 is 0 Å². The summed E-state index contributed by atoms with van der Waals surface area (Å²) in [5.41, 5.74) is -0.429. The van der Waals surface area contributed by atoms with Gasteiger partial charge in [0.1, 0.15) is 12.1 Å². The molecule has 21 heavy (non-hydrogen) atoms. The van der Waals surface area contributed by atoms with Crippen LogP contribution in [0.25, 0.3) is 0 Å². The van der Waals surface area contributed by atoms with Gasteiger partial charge in [-0.25, -0.2) is 0 Å². The summed E-state index contributed by atoms with van der Waals surface area (Å²) in [6.45, 7) is 3.07. The molecule has 0 saturated carbocycles. The summed E-state index contributed by atoms with van der Waals surface area (Å²) in [7, 11) is 0. The van der Waals surface area contributed by atoms with Crippen LogP contribution in [0.15, 0.2) is 24.3 Å². The van der Waals surface area contributed by atoms with E-state index in [1.165, 1.54) is 17.0 Å².